The number of hydrogen-bond acceptors (Lipinski definition) is 5. The smallest absolute Gasteiger partial charge is 0.272 e. The number of nitro benzene ring substituents is 1. The van der Waals surface area contributed by atoms with E-state index in [1.165, 1.54) is 24.0 Å². The molecular weight excluding hydrogens is 394 g/mol. The summed E-state index contributed by atoms with van der Waals surface area (Å²) in [6.45, 7) is 0. The Kier molecular flexibility index (Phi) is 6.95. The summed E-state index contributed by atoms with van der Waals surface area (Å²) in [5, 5.41) is 14.6. The van der Waals surface area contributed by atoms with E-state index in [9.17, 15) is 14.9 Å². The SMILES string of the molecule is O=C(CSCc1ccccc1Br)N/N=C/c1ccccc1[N+](=O)[O-]. The Morgan fingerprint density at radius 2 is 1.96 bits per heavy atom. The molecule has 0 atom stereocenters. The number of hydrogen-bond donors (Lipinski definition) is 1. The highest BCUT2D eigenvalue weighted by molar-refractivity contribution is 9.10. The molecule has 0 aromatic heterocycles. The molecule has 0 saturated carbocycles. The van der Waals surface area contributed by atoms with Crippen LogP contribution in [0.1, 0.15) is 11.1 Å². The van der Waals surface area contributed by atoms with Crippen molar-refractivity contribution in [1.82, 2.24) is 5.43 Å². The van der Waals surface area contributed by atoms with Crippen LogP contribution >= 0.6 is 27.7 Å². The maximum atomic E-state index is 11.7. The fourth-order valence-corrected chi connectivity index (χ4v) is 3.27. The van der Waals surface area contributed by atoms with E-state index in [0.29, 0.717) is 11.3 Å². The molecule has 2 aromatic rings. The fourth-order valence-electron chi connectivity index (χ4n) is 1.84. The van der Waals surface area contributed by atoms with Crippen molar-refractivity contribution < 1.29 is 9.72 Å². The number of nitrogens with zero attached hydrogens (tertiary/aromatic N) is 2. The molecule has 1 amide bonds. The van der Waals surface area contributed by atoms with Crippen LogP contribution < -0.4 is 5.43 Å². The van der Waals surface area contributed by atoms with Gasteiger partial charge >= 0.3 is 0 Å². The number of halogens is 1. The summed E-state index contributed by atoms with van der Waals surface area (Å²) >= 11 is 4.92. The van der Waals surface area contributed by atoms with Crippen molar-refractivity contribution in [2.75, 3.05) is 5.75 Å². The Labute approximate surface area is 151 Å². The van der Waals surface area contributed by atoms with E-state index in [-0.39, 0.29) is 17.3 Å². The van der Waals surface area contributed by atoms with Crippen LogP contribution in [-0.2, 0) is 10.5 Å². The van der Waals surface area contributed by atoms with E-state index in [0.717, 1.165) is 10.0 Å². The van der Waals surface area contributed by atoms with Crippen molar-refractivity contribution in [1.29, 1.82) is 0 Å². The Bertz CT molecular complexity index is 768. The summed E-state index contributed by atoms with van der Waals surface area (Å²) in [5.74, 6) is 0.681. The third-order valence-corrected chi connectivity index (χ3v) is 4.73. The van der Waals surface area contributed by atoms with Crippen LogP contribution in [0.5, 0.6) is 0 Å². The molecule has 0 bridgehead atoms. The van der Waals surface area contributed by atoms with Gasteiger partial charge in [-0.2, -0.15) is 5.10 Å². The predicted molar refractivity (Wildman–Crippen MR) is 99.1 cm³/mol. The lowest BCUT2D eigenvalue weighted by atomic mass is 10.2. The fraction of sp³-hybridized carbons (Fsp3) is 0.125. The standard InChI is InChI=1S/C16H14BrN3O3S/c17-14-7-3-1-6-13(14)10-24-11-16(21)19-18-9-12-5-2-4-8-15(12)20(22)23/h1-9H,10-11H2,(H,19,21)/b18-9+. The maximum absolute atomic E-state index is 11.7. The molecule has 0 fully saturated rings. The van der Waals surface area contributed by atoms with Crippen molar-refractivity contribution in [3.8, 4) is 0 Å². The van der Waals surface area contributed by atoms with Crippen molar-refractivity contribution in [2.24, 2.45) is 5.10 Å². The Morgan fingerprint density at radius 3 is 2.71 bits per heavy atom. The number of rotatable bonds is 7. The Balaban J connectivity index is 1.81. The van der Waals surface area contributed by atoms with E-state index in [2.05, 4.69) is 26.5 Å². The number of hydrazone groups is 1. The summed E-state index contributed by atoms with van der Waals surface area (Å²) in [6.07, 6.45) is 1.27. The van der Waals surface area contributed by atoms with E-state index in [1.54, 1.807) is 18.2 Å². The van der Waals surface area contributed by atoms with Gasteiger partial charge < -0.3 is 0 Å². The third-order valence-electron chi connectivity index (χ3n) is 2.97. The van der Waals surface area contributed by atoms with Crippen molar-refractivity contribution in [3.05, 3.63) is 74.2 Å². The Morgan fingerprint density at radius 1 is 1.25 bits per heavy atom. The Hall–Kier alpha value is -2.19. The van der Waals surface area contributed by atoms with Crippen LogP contribution in [0.4, 0.5) is 5.69 Å². The van der Waals surface area contributed by atoms with Gasteiger partial charge in [0.05, 0.1) is 22.5 Å². The highest BCUT2D eigenvalue weighted by Crippen LogP contribution is 2.21. The number of para-hydroxylation sites is 1. The highest BCUT2D eigenvalue weighted by Gasteiger charge is 2.10. The largest absolute Gasteiger partial charge is 0.278 e. The molecule has 0 saturated heterocycles. The molecule has 2 aromatic carbocycles. The summed E-state index contributed by atoms with van der Waals surface area (Å²) < 4.78 is 1.01. The van der Waals surface area contributed by atoms with Crippen molar-refractivity contribution >= 4 is 45.5 Å². The molecule has 0 heterocycles. The summed E-state index contributed by atoms with van der Waals surface area (Å²) in [7, 11) is 0. The maximum Gasteiger partial charge on any atom is 0.278 e. The van der Waals surface area contributed by atoms with Gasteiger partial charge in [0.2, 0.25) is 5.91 Å². The molecular formula is C16H14BrN3O3S. The highest BCUT2D eigenvalue weighted by atomic mass is 79.9. The van der Waals surface area contributed by atoms with Gasteiger partial charge in [0.15, 0.2) is 0 Å². The number of benzene rings is 2. The minimum atomic E-state index is -0.489. The number of carbonyl (C=O) groups is 1. The third kappa shape index (κ3) is 5.47. The minimum Gasteiger partial charge on any atom is -0.272 e. The van der Waals surface area contributed by atoms with E-state index in [1.807, 2.05) is 24.3 Å². The number of nitrogens with one attached hydrogen (secondary N) is 1. The molecule has 24 heavy (non-hydrogen) atoms. The number of nitro groups is 1. The molecule has 6 nitrogen and oxygen atoms in total. The van der Waals surface area contributed by atoms with Crippen molar-refractivity contribution in [2.45, 2.75) is 5.75 Å². The van der Waals surface area contributed by atoms with E-state index < -0.39 is 4.92 Å². The molecule has 0 unspecified atom stereocenters. The second kappa shape index (κ2) is 9.19. The number of carbonyl (C=O) groups excluding carboxylic acids is 1. The predicted octanol–water partition coefficient (Wildman–Crippen LogP) is 3.74. The molecule has 0 aliphatic rings. The van der Waals surface area contributed by atoms with E-state index in [4.69, 9.17) is 0 Å². The lowest BCUT2D eigenvalue weighted by Crippen LogP contribution is -2.19. The monoisotopic (exact) mass is 407 g/mol. The zero-order valence-corrected chi connectivity index (χ0v) is 14.9. The molecule has 124 valence electrons. The molecule has 0 aliphatic heterocycles. The summed E-state index contributed by atoms with van der Waals surface area (Å²) in [4.78, 5) is 22.1. The average Bonchev–Trinajstić information content (AvgIpc) is 2.57. The van der Waals surface area contributed by atoms with Crippen LogP contribution in [0, 0.1) is 10.1 Å². The first-order chi connectivity index (χ1) is 11.6. The van der Waals surface area contributed by atoms with Crippen LogP contribution in [0.2, 0.25) is 0 Å². The van der Waals surface area contributed by atoms with Crippen LogP contribution in [-0.4, -0.2) is 22.8 Å². The zero-order valence-electron chi connectivity index (χ0n) is 12.5. The number of thioether (sulfide) groups is 1. The first kappa shape index (κ1) is 18.2. The van der Waals surface area contributed by atoms with Gasteiger partial charge in [0.1, 0.15) is 0 Å². The molecule has 0 spiro atoms. The van der Waals surface area contributed by atoms with Gasteiger partial charge in [-0.3, -0.25) is 14.9 Å². The number of amides is 1. The van der Waals surface area contributed by atoms with Gasteiger partial charge in [-0.1, -0.05) is 46.3 Å². The second-order valence-electron chi connectivity index (χ2n) is 4.69. The van der Waals surface area contributed by atoms with Crippen LogP contribution in [0.3, 0.4) is 0 Å². The summed E-state index contributed by atoms with van der Waals surface area (Å²) in [5.41, 5.74) is 3.76. The molecule has 0 aliphatic carbocycles. The minimum absolute atomic E-state index is 0.0567. The normalized spacial score (nSPS) is 10.7. The average molecular weight is 408 g/mol. The molecule has 2 rings (SSSR count). The van der Waals surface area contributed by atoms with Gasteiger partial charge in [0, 0.05) is 16.3 Å². The topological polar surface area (TPSA) is 84.6 Å². The second-order valence-corrected chi connectivity index (χ2v) is 6.53. The summed E-state index contributed by atoms with van der Waals surface area (Å²) in [6, 6.07) is 14.0. The van der Waals surface area contributed by atoms with Crippen LogP contribution in [0.25, 0.3) is 0 Å². The zero-order chi connectivity index (χ0) is 17.4. The van der Waals surface area contributed by atoms with Gasteiger partial charge in [-0.25, -0.2) is 5.43 Å². The van der Waals surface area contributed by atoms with Gasteiger partial charge in [0.25, 0.3) is 5.69 Å². The first-order valence-corrected chi connectivity index (χ1v) is 8.89. The lowest BCUT2D eigenvalue weighted by molar-refractivity contribution is -0.385. The van der Waals surface area contributed by atoms with Gasteiger partial charge in [-0.15, -0.1) is 11.8 Å². The molecule has 1 N–H and O–H groups in total. The van der Waals surface area contributed by atoms with Crippen LogP contribution in [0.15, 0.2) is 58.1 Å². The van der Waals surface area contributed by atoms with Gasteiger partial charge in [-0.05, 0) is 17.7 Å². The first-order valence-electron chi connectivity index (χ1n) is 6.94. The molecule has 0 radical (unpaired) electrons. The quantitative estimate of drug-likeness (QED) is 0.430. The molecule has 8 heteroatoms. The van der Waals surface area contributed by atoms with E-state index >= 15 is 0 Å². The lowest BCUT2D eigenvalue weighted by Gasteiger charge is -2.03. The van der Waals surface area contributed by atoms with Crippen molar-refractivity contribution in [3.63, 3.8) is 0 Å².